The van der Waals surface area contributed by atoms with Crippen LogP contribution in [0.1, 0.15) is 17.5 Å². The van der Waals surface area contributed by atoms with Crippen LogP contribution in [-0.2, 0) is 6.54 Å². The van der Waals surface area contributed by atoms with E-state index in [2.05, 4.69) is 11.8 Å². The van der Waals surface area contributed by atoms with E-state index in [1.54, 1.807) is 4.90 Å². The van der Waals surface area contributed by atoms with Gasteiger partial charge in [-0.05, 0) is 17.7 Å². The van der Waals surface area contributed by atoms with Gasteiger partial charge in [0.25, 0.3) is 0 Å². The van der Waals surface area contributed by atoms with Crippen molar-refractivity contribution < 1.29 is 5.11 Å². The van der Waals surface area contributed by atoms with Crippen LogP contribution in [0.2, 0.25) is 0 Å². The van der Waals surface area contributed by atoms with Crippen molar-refractivity contribution in [3.63, 3.8) is 0 Å². The molecule has 0 aliphatic carbocycles. The number of hydrogen-bond acceptors (Lipinski definition) is 4. The largest absolute Gasteiger partial charge is 0.395 e. The van der Waals surface area contributed by atoms with Crippen LogP contribution in [0.25, 0.3) is 0 Å². The first kappa shape index (κ1) is 14.7. The summed E-state index contributed by atoms with van der Waals surface area (Å²) in [6, 6.07) is 11.8. The summed E-state index contributed by atoms with van der Waals surface area (Å²) < 4.78 is 0. The minimum Gasteiger partial charge on any atom is -0.395 e. The Kier molecular flexibility index (Phi) is 6.77. The van der Waals surface area contributed by atoms with Gasteiger partial charge in [-0.1, -0.05) is 24.0 Å². The SMILES string of the molecule is N#CCN(CC#N)Cc1cccc(C#CCCO)c1. The number of nitriles is 2. The van der Waals surface area contributed by atoms with Crippen molar-refractivity contribution in [3.05, 3.63) is 35.4 Å². The zero-order valence-corrected chi connectivity index (χ0v) is 10.6. The molecule has 0 aliphatic rings. The molecule has 0 fully saturated rings. The molecule has 0 spiro atoms. The van der Waals surface area contributed by atoms with Gasteiger partial charge < -0.3 is 5.11 Å². The summed E-state index contributed by atoms with van der Waals surface area (Å²) >= 11 is 0. The molecule has 1 aromatic rings. The second kappa shape index (κ2) is 8.72. The summed E-state index contributed by atoms with van der Waals surface area (Å²) in [5.41, 5.74) is 1.89. The van der Waals surface area contributed by atoms with Gasteiger partial charge in [0.15, 0.2) is 0 Å². The molecule has 0 bridgehead atoms. The Labute approximate surface area is 113 Å². The fourth-order valence-electron chi connectivity index (χ4n) is 1.59. The van der Waals surface area contributed by atoms with Gasteiger partial charge in [0.2, 0.25) is 0 Å². The summed E-state index contributed by atoms with van der Waals surface area (Å²) in [6.07, 6.45) is 0.458. The maximum absolute atomic E-state index is 8.69. The first-order valence-corrected chi connectivity index (χ1v) is 5.95. The van der Waals surface area contributed by atoms with Gasteiger partial charge in [-0.25, -0.2) is 0 Å². The molecule has 0 saturated heterocycles. The number of aliphatic hydroxyl groups excluding tert-OH is 1. The van der Waals surface area contributed by atoms with Crippen LogP contribution in [-0.4, -0.2) is 29.7 Å². The van der Waals surface area contributed by atoms with Gasteiger partial charge in [-0.15, -0.1) is 0 Å². The second-order valence-electron chi connectivity index (χ2n) is 3.94. The van der Waals surface area contributed by atoms with Gasteiger partial charge in [0.05, 0.1) is 31.8 Å². The summed E-state index contributed by atoms with van der Waals surface area (Å²) in [4.78, 5) is 1.76. The molecule has 0 saturated carbocycles. The van der Waals surface area contributed by atoms with Crippen LogP contribution < -0.4 is 0 Å². The van der Waals surface area contributed by atoms with E-state index in [4.69, 9.17) is 15.6 Å². The van der Waals surface area contributed by atoms with Gasteiger partial charge in [0.1, 0.15) is 0 Å². The zero-order chi connectivity index (χ0) is 13.9. The highest BCUT2D eigenvalue weighted by Crippen LogP contribution is 2.07. The van der Waals surface area contributed by atoms with Gasteiger partial charge >= 0.3 is 0 Å². The van der Waals surface area contributed by atoms with Crippen LogP contribution in [0.15, 0.2) is 24.3 Å². The molecule has 1 N–H and O–H groups in total. The van der Waals surface area contributed by atoms with E-state index in [1.165, 1.54) is 0 Å². The number of aliphatic hydroxyl groups is 1. The number of benzene rings is 1. The van der Waals surface area contributed by atoms with E-state index in [0.29, 0.717) is 13.0 Å². The van der Waals surface area contributed by atoms with Crippen LogP contribution in [0.4, 0.5) is 0 Å². The fraction of sp³-hybridized carbons (Fsp3) is 0.333. The van der Waals surface area contributed by atoms with Crippen LogP contribution in [0.3, 0.4) is 0 Å². The third-order valence-electron chi connectivity index (χ3n) is 2.39. The number of hydrogen-bond donors (Lipinski definition) is 1. The maximum atomic E-state index is 8.69. The lowest BCUT2D eigenvalue weighted by molar-refractivity contribution is 0.305. The molecule has 0 radical (unpaired) electrons. The molecule has 4 nitrogen and oxygen atoms in total. The molecule has 1 rings (SSSR count). The van der Waals surface area contributed by atoms with Crippen molar-refractivity contribution in [2.24, 2.45) is 0 Å². The van der Waals surface area contributed by atoms with E-state index in [1.807, 2.05) is 36.4 Å². The number of rotatable bonds is 5. The predicted molar refractivity (Wildman–Crippen MR) is 71.5 cm³/mol. The average Bonchev–Trinajstić information content (AvgIpc) is 2.40. The highest BCUT2D eigenvalue weighted by Gasteiger charge is 2.04. The Morgan fingerprint density at radius 2 is 1.89 bits per heavy atom. The summed E-state index contributed by atoms with van der Waals surface area (Å²) in [5, 5.41) is 26.0. The minimum absolute atomic E-state index is 0.0603. The quantitative estimate of drug-likeness (QED) is 0.633. The molecule has 0 amide bonds. The Balaban J connectivity index is 2.74. The molecule has 0 atom stereocenters. The van der Waals surface area contributed by atoms with E-state index < -0.39 is 0 Å². The molecular formula is C15H15N3O. The summed E-state index contributed by atoms with van der Waals surface area (Å²) in [6.45, 7) is 1.07. The van der Waals surface area contributed by atoms with Gasteiger partial charge in [0, 0.05) is 18.5 Å². The number of nitrogens with zero attached hydrogens (tertiary/aromatic N) is 3. The van der Waals surface area contributed by atoms with E-state index in [9.17, 15) is 0 Å². The van der Waals surface area contributed by atoms with Crippen molar-refractivity contribution in [2.75, 3.05) is 19.7 Å². The highest BCUT2D eigenvalue weighted by molar-refractivity contribution is 5.37. The van der Waals surface area contributed by atoms with Crippen molar-refractivity contribution in [1.29, 1.82) is 10.5 Å². The summed E-state index contributed by atoms with van der Waals surface area (Å²) in [7, 11) is 0. The van der Waals surface area contributed by atoms with E-state index in [0.717, 1.165) is 11.1 Å². The Morgan fingerprint density at radius 3 is 2.53 bits per heavy atom. The van der Waals surface area contributed by atoms with Crippen molar-refractivity contribution in [3.8, 4) is 24.0 Å². The lowest BCUT2D eigenvalue weighted by Crippen LogP contribution is -2.23. The Morgan fingerprint density at radius 1 is 1.16 bits per heavy atom. The van der Waals surface area contributed by atoms with Crippen molar-refractivity contribution in [1.82, 2.24) is 4.90 Å². The molecule has 0 heterocycles. The molecule has 96 valence electrons. The van der Waals surface area contributed by atoms with Crippen LogP contribution >= 0.6 is 0 Å². The van der Waals surface area contributed by atoms with Crippen LogP contribution in [0.5, 0.6) is 0 Å². The normalized spacial score (nSPS) is 9.26. The van der Waals surface area contributed by atoms with E-state index >= 15 is 0 Å². The van der Waals surface area contributed by atoms with Crippen molar-refractivity contribution in [2.45, 2.75) is 13.0 Å². The second-order valence-corrected chi connectivity index (χ2v) is 3.94. The van der Waals surface area contributed by atoms with Crippen molar-refractivity contribution >= 4 is 0 Å². The minimum atomic E-state index is 0.0603. The topological polar surface area (TPSA) is 71.0 Å². The molecule has 4 heteroatoms. The molecule has 0 aliphatic heterocycles. The maximum Gasteiger partial charge on any atom is 0.0877 e. The molecule has 0 aromatic heterocycles. The smallest absolute Gasteiger partial charge is 0.0877 e. The Bertz CT molecular complexity index is 527. The first-order valence-electron chi connectivity index (χ1n) is 5.95. The predicted octanol–water partition coefficient (Wildman–Crippen LogP) is 1.27. The van der Waals surface area contributed by atoms with Gasteiger partial charge in [-0.3, -0.25) is 4.90 Å². The third-order valence-corrected chi connectivity index (χ3v) is 2.39. The van der Waals surface area contributed by atoms with E-state index in [-0.39, 0.29) is 19.7 Å². The monoisotopic (exact) mass is 253 g/mol. The Hall–Kier alpha value is -2.32. The molecule has 19 heavy (non-hydrogen) atoms. The standard InChI is InChI=1S/C15H15N3O/c16-7-9-18(10-8-17)13-15-6-3-5-14(12-15)4-1-2-11-19/h3,5-6,12,19H,2,9-11,13H2. The third kappa shape index (κ3) is 5.70. The molecular weight excluding hydrogens is 238 g/mol. The van der Waals surface area contributed by atoms with Gasteiger partial charge in [-0.2, -0.15) is 10.5 Å². The summed E-state index contributed by atoms with van der Waals surface area (Å²) in [5.74, 6) is 5.83. The first-order chi connectivity index (χ1) is 9.30. The fourth-order valence-corrected chi connectivity index (χ4v) is 1.59. The molecule has 1 aromatic carbocycles. The lowest BCUT2D eigenvalue weighted by atomic mass is 10.1. The zero-order valence-electron chi connectivity index (χ0n) is 10.6. The molecule has 0 unspecified atom stereocenters. The average molecular weight is 253 g/mol. The van der Waals surface area contributed by atoms with Crippen LogP contribution in [0, 0.1) is 34.5 Å². The lowest BCUT2D eigenvalue weighted by Gasteiger charge is -2.15. The highest BCUT2D eigenvalue weighted by atomic mass is 16.2.